The summed E-state index contributed by atoms with van der Waals surface area (Å²) in [6.45, 7) is 1.76. The number of hydrogen-bond acceptors (Lipinski definition) is 4. The molecule has 0 saturated carbocycles. The first-order valence-corrected chi connectivity index (χ1v) is 6.89. The lowest BCUT2D eigenvalue weighted by Gasteiger charge is -2.14. The summed E-state index contributed by atoms with van der Waals surface area (Å²) < 4.78 is 0. The number of amides is 1. The normalized spacial score (nSPS) is 11.9. The molecule has 18 heavy (non-hydrogen) atoms. The summed E-state index contributed by atoms with van der Waals surface area (Å²) >= 11 is 1.55. The Balaban J connectivity index is 2.72. The average molecular weight is 268 g/mol. The Morgan fingerprint density at radius 2 is 2.28 bits per heavy atom. The third-order valence-electron chi connectivity index (χ3n) is 2.48. The number of thioether (sulfide) groups is 1. The van der Waals surface area contributed by atoms with Crippen LogP contribution in [0.2, 0.25) is 0 Å². The molecule has 0 aromatic carbocycles. The molecule has 1 aromatic rings. The zero-order valence-electron chi connectivity index (χ0n) is 10.3. The minimum atomic E-state index is -1.01. The Bertz CT molecular complexity index is 437. The molecule has 1 aromatic heterocycles. The predicted octanol–water partition coefficient (Wildman–Crippen LogP) is 1.33. The minimum Gasteiger partial charge on any atom is -0.480 e. The maximum atomic E-state index is 11.9. The van der Waals surface area contributed by atoms with Crippen LogP contribution in [-0.2, 0) is 4.79 Å². The zero-order chi connectivity index (χ0) is 13.5. The van der Waals surface area contributed by atoms with Gasteiger partial charge in [0.2, 0.25) is 0 Å². The van der Waals surface area contributed by atoms with E-state index in [9.17, 15) is 9.59 Å². The first-order valence-electron chi connectivity index (χ1n) is 5.49. The zero-order valence-corrected chi connectivity index (χ0v) is 11.2. The van der Waals surface area contributed by atoms with Crippen molar-refractivity contribution < 1.29 is 14.7 Å². The molecule has 1 heterocycles. The average Bonchev–Trinajstić information content (AvgIpc) is 2.34. The Hall–Kier alpha value is -1.56. The highest BCUT2D eigenvalue weighted by Gasteiger charge is 2.20. The molecule has 1 amide bonds. The number of aromatic nitrogens is 1. The van der Waals surface area contributed by atoms with Crippen molar-refractivity contribution in [1.29, 1.82) is 0 Å². The van der Waals surface area contributed by atoms with Crippen LogP contribution in [0.5, 0.6) is 0 Å². The highest BCUT2D eigenvalue weighted by molar-refractivity contribution is 7.98. The number of nitrogens with one attached hydrogen (secondary N) is 1. The fraction of sp³-hybridized carbons (Fsp3) is 0.417. The van der Waals surface area contributed by atoms with Crippen molar-refractivity contribution in [2.24, 2.45) is 0 Å². The highest BCUT2D eigenvalue weighted by atomic mass is 32.2. The lowest BCUT2D eigenvalue weighted by atomic mass is 10.1. The number of carboxylic acid groups (broad SMARTS) is 1. The lowest BCUT2D eigenvalue weighted by molar-refractivity contribution is -0.139. The van der Waals surface area contributed by atoms with Gasteiger partial charge in [0.05, 0.1) is 0 Å². The van der Waals surface area contributed by atoms with Gasteiger partial charge in [-0.25, -0.2) is 4.79 Å². The first kappa shape index (κ1) is 14.5. The molecule has 2 N–H and O–H groups in total. The summed E-state index contributed by atoms with van der Waals surface area (Å²) in [5.41, 5.74) is 1.18. The van der Waals surface area contributed by atoms with Crippen LogP contribution in [0.4, 0.5) is 0 Å². The highest BCUT2D eigenvalue weighted by Crippen LogP contribution is 2.07. The number of carboxylic acids is 1. The number of aliphatic carboxylic acids is 1. The molecule has 1 atom stereocenters. The molecule has 1 unspecified atom stereocenters. The molecule has 6 heteroatoms. The van der Waals surface area contributed by atoms with Gasteiger partial charge in [-0.05, 0) is 37.0 Å². The van der Waals surface area contributed by atoms with Gasteiger partial charge in [0.1, 0.15) is 6.04 Å². The molecule has 0 fully saturated rings. The van der Waals surface area contributed by atoms with Crippen LogP contribution in [0.15, 0.2) is 18.5 Å². The van der Waals surface area contributed by atoms with E-state index in [1.165, 1.54) is 6.20 Å². The van der Waals surface area contributed by atoms with E-state index in [-0.39, 0.29) is 5.91 Å². The molecule has 1 rings (SSSR count). The minimum absolute atomic E-state index is 0.372. The molecule has 98 valence electrons. The maximum absolute atomic E-state index is 11.9. The van der Waals surface area contributed by atoms with E-state index in [0.29, 0.717) is 17.7 Å². The largest absolute Gasteiger partial charge is 0.480 e. The van der Waals surface area contributed by atoms with Gasteiger partial charge in [-0.1, -0.05) is 0 Å². The molecule has 0 spiro atoms. The van der Waals surface area contributed by atoms with E-state index in [4.69, 9.17) is 5.11 Å². The molecular weight excluding hydrogens is 252 g/mol. The number of aryl methyl sites for hydroxylation is 1. The summed E-state index contributed by atoms with van der Waals surface area (Å²) in [5.74, 6) is -0.695. The van der Waals surface area contributed by atoms with Crippen LogP contribution in [-0.4, -0.2) is 40.0 Å². The summed E-state index contributed by atoms with van der Waals surface area (Å²) in [7, 11) is 0. The van der Waals surface area contributed by atoms with Gasteiger partial charge in [-0.15, -0.1) is 0 Å². The number of carbonyl (C=O) groups is 2. The number of hydrogen-bond donors (Lipinski definition) is 2. The second-order valence-electron chi connectivity index (χ2n) is 3.84. The molecule has 0 saturated heterocycles. The van der Waals surface area contributed by atoms with Crippen molar-refractivity contribution in [1.82, 2.24) is 10.3 Å². The monoisotopic (exact) mass is 268 g/mol. The quantitative estimate of drug-likeness (QED) is 0.813. The van der Waals surface area contributed by atoms with Crippen molar-refractivity contribution in [2.75, 3.05) is 12.0 Å². The van der Waals surface area contributed by atoms with Gasteiger partial charge in [-0.3, -0.25) is 9.78 Å². The van der Waals surface area contributed by atoms with Gasteiger partial charge in [-0.2, -0.15) is 11.8 Å². The van der Waals surface area contributed by atoms with Crippen molar-refractivity contribution in [3.63, 3.8) is 0 Å². The third-order valence-corrected chi connectivity index (χ3v) is 3.12. The van der Waals surface area contributed by atoms with Crippen molar-refractivity contribution >= 4 is 23.6 Å². The van der Waals surface area contributed by atoms with Crippen LogP contribution in [0.3, 0.4) is 0 Å². The van der Waals surface area contributed by atoms with E-state index in [2.05, 4.69) is 10.3 Å². The Morgan fingerprint density at radius 3 is 2.83 bits per heavy atom. The third kappa shape index (κ3) is 4.03. The number of nitrogens with zero attached hydrogens (tertiary/aromatic N) is 1. The van der Waals surface area contributed by atoms with Crippen molar-refractivity contribution in [3.8, 4) is 0 Å². The van der Waals surface area contributed by atoms with Gasteiger partial charge in [0.25, 0.3) is 5.91 Å². The summed E-state index contributed by atoms with van der Waals surface area (Å²) in [4.78, 5) is 26.8. The van der Waals surface area contributed by atoms with Gasteiger partial charge in [0.15, 0.2) is 0 Å². The number of carbonyl (C=O) groups excluding carboxylic acids is 1. The van der Waals surface area contributed by atoms with E-state index in [1.807, 2.05) is 6.26 Å². The number of pyridine rings is 1. The maximum Gasteiger partial charge on any atom is 0.326 e. The molecule has 0 aliphatic heterocycles. The van der Waals surface area contributed by atoms with Crippen LogP contribution in [0.25, 0.3) is 0 Å². The van der Waals surface area contributed by atoms with Crippen LogP contribution in [0, 0.1) is 6.92 Å². The predicted molar refractivity (Wildman–Crippen MR) is 70.9 cm³/mol. The van der Waals surface area contributed by atoms with Crippen LogP contribution in [0.1, 0.15) is 22.3 Å². The Kier molecular flexibility index (Phi) is 5.64. The molecule has 0 radical (unpaired) electrons. The molecule has 0 bridgehead atoms. The fourth-order valence-electron chi connectivity index (χ4n) is 1.46. The summed E-state index contributed by atoms with van der Waals surface area (Å²) in [6, 6.07) is 0.732. The lowest BCUT2D eigenvalue weighted by Crippen LogP contribution is -2.41. The van der Waals surface area contributed by atoms with Crippen LogP contribution < -0.4 is 5.32 Å². The Morgan fingerprint density at radius 1 is 1.56 bits per heavy atom. The van der Waals surface area contributed by atoms with Gasteiger partial charge >= 0.3 is 5.97 Å². The summed E-state index contributed by atoms with van der Waals surface area (Å²) in [6.07, 6.45) is 5.40. The van der Waals surface area contributed by atoms with E-state index >= 15 is 0 Å². The SMILES string of the molecule is CSCCC(NC(=O)c1ccncc1C)C(=O)O. The van der Waals surface area contributed by atoms with Crippen molar-refractivity contribution in [3.05, 3.63) is 29.6 Å². The number of rotatable bonds is 6. The van der Waals surface area contributed by atoms with Crippen LogP contribution >= 0.6 is 11.8 Å². The standard InChI is InChI=1S/C12H16N2O3S/c1-8-7-13-5-3-9(8)11(15)14-10(12(16)17)4-6-18-2/h3,5,7,10H,4,6H2,1-2H3,(H,14,15)(H,16,17). The van der Waals surface area contributed by atoms with E-state index in [0.717, 1.165) is 5.56 Å². The second-order valence-corrected chi connectivity index (χ2v) is 4.82. The smallest absolute Gasteiger partial charge is 0.326 e. The molecule has 0 aliphatic rings. The van der Waals surface area contributed by atoms with E-state index in [1.54, 1.807) is 30.9 Å². The molecule has 0 aliphatic carbocycles. The first-order chi connectivity index (χ1) is 8.56. The molecule has 5 nitrogen and oxygen atoms in total. The summed E-state index contributed by atoms with van der Waals surface area (Å²) in [5, 5.41) is 11.6. The van der Waals surface area contributed by atoms with Gasteiger partial charge in [0, 0.05) is 18.0 Å². The topological polar surface area (TPSA) is 79.3 Å². The Labute approximate surface area is 110 Å². The molecular formula is C12H16N2O3S. The second kappa shape index (κ2) is 7.00. The fourth-order valence-corrected chi connectivity index (χ4v) is 1.93. The van der Waals surface area contributed by atoms with Gasteiger partial charge < -0.3 is 10.4 Å². The van der Waals surface area contributed by atoms with Crippen molar-refractivity contribution in [2.45, 2.75) is 19.4 Å². The van der Waals surface area contributed by atoms with E-state index < -0.39 is 12.0 Å².